The summed E-state index contributed by atoms with van der Waals surface area (Å²) in [5, 5.41) is 3.15. The molecule has 0 radical (unpaired) electrons. The summed E-state index contributed by atoms with van der Waals surface area (Å²) in [6, 6.07) is 4.12. The molecule has 120 valence electrons. The molecule has 4 heteroatoms. The summed E-state index contributed by atoms with van der Waals surface area (Å²) >= 11 is 3.60. The van der Waals surface area contributed by atoms with Gasteiger partial charge in [0.15, 0.2) is 11.5 Å². The van der Waals surface area contributed by atoms with E-state index in [2.05, 4.69) is 41.2 Å². The molecule has 1 N–H and O–H groups in total. The molecule has 0 aliphatic heterocycles. The van der Waals surface area contributed by atoms with Gasteiger partial charge in [-0.25, -0.2) is 0 Å². The Hall–Kier alpha value is -0.740. The number of ether oxygens (including phenoxy) is 2. The van der Waals surface area contributed by atoms with Crippen LogP contribution in [0, 0.1) is 5.92 Å². The third kappa shape index (κ3) is 5.87. The van der Waals surface area contributed by atoms with Gasteiger partial charge in [0.1, 0.15) is 0 Å². The Morgan fingerprint density at radius 2 is 2.05 bits per heavy atom. The third-order valence-electron chi connectivity index (χ3n) is 3.68. The van der Waals surface area contributed by atoms with Gasteiger partial charge in [-0.2, -0.15) is 0 Å². The van der Waals surface area contributed by atoms with Crippen LogP contribution in [0.3, 0.4) is 0 Å². The van der Waals surface area contributed by atoms with Crippen molar-refractivity contribution in [1.82, 2.24) is 5.32 Å². The van der Waals surface area contributed by atoms with Crippen molar-refractivity contribution in [2.24, 2.45) is 5.92 Å². The summed E-state index contributed by atoms with van der Waals surface area (Å²) in [6.45, 7) is 6.01. The average Bonchev–Trinajstić information content (AvgIpc) is 2.48. The number of benzene rings is 1. The van der Waals surface area contributed by atoms with Crippen molar-refractivity contribution in [1.29, 1.82) is 0 Å². The molecular formula is C17H28BrNO2. The lowest BCUT2D eigenvalue weighted by Crippen LogP contribution is -2.12. The highest BCUT2D eigenvalue weighted by Crippen LogP contribution is 2.37. The molecule has 3 nitrogen and oxygen atoms in total. The van der Waals surface area contributed by atoms with Crippen LogP contribution in [0.1, 0.15) is 45.1 Å². The van der Waals surface area contributed by atoms with E-state index in [0.717, 1.165) is 35.5 Å². The van der Waals surface area contributed by atoms with Crippen LogP contribution in [-0.4, -0.2) is 20.8 Å². The zero-order valence-electron chi connectivity index (χ0n) is 13.7. The van der Waals surface area contributed by atoms with Gasteiger partial charge in [0.2, 0.25) is 0 Å². The number of methoxy groups -OCH3 is 1. The minimum Gasteiger partial charge on any atom is -0.493 e. The van der Waals surface area contributed by atoms with Crippen LogP contribution in [0.4, 0.5) is 0 Å². The Bertz CT molecular complexity index is 423. The molecule has 0 saturated heterocycles. The van der Waals surface area contributed by atoms with Gasteiger partial charge in [-0.15, -0.1) is 0 Å². The maximum atomic E-state index is 6.05. The Labute approximate surface area is 137 Å². The second kappa shape index (κ2) is 10.1. The monoisotopic (exact) mass is 357 g/mol. The van der Waals surface area contributed by atoms with E-state index in [1.54, 1.807) is 7.11 Å². The van der Waals surface area contributed by atoms with Crippen molar-refractivity contribution in [2.75, 3.05) is 20.8 Å². The first-order chi connectivity index (χ1) is 10.2. The van der Waals surface area contributed by atoms with Gasteiger partial charge in [0.25, 0.3) is 0 Å². The van der Waals surface area contributed by atoms with Crippen LogP contribution in [0.25, 0.3) is 0 Å². The fourth-order valence-corrected chi connectivity index (χ4v) is 2.92. The third-order valence-corrected chi connectivity index (χ3v) is 4.27. The topological polar surface area (TPSA) is 30.5 Å². The number of nitrogens with one attached hydrogen (secondary N) is 1. The first kappa shape index (κ1) is 18.3. The highest BCUT2D eigenvalue weighted by atomic mass is 79.9. The molecular weight excluding hydrogens is 330 g/mol. The smallest absolute Gasteiger partial charge is 0.175 e. The maximum Gasteiger partial charge on any atom is 0.175 e. The predicted molar refractivity (Wildman–Crippen MR) is 92.3 cm³/mol. The summed E-state index contributed by atoms with van der Waals surface area (Å²) in [5.41, 5.74) is 1.17. The van der Waals surface area contributed by atoms with Crippen LogP contribution in [0.5, 0.6) is 11.5 Å². The zero-order valence-corrected chi connectivity index (χ0v) is 15.3. The molecule has 0 bridgehead atoms. The molecule has 0 aliphatic carbocycles. The molecule has 0 heterocycles. The van der Waals surface area contributed by atoms with Gasteiger partial charge in [0, 0.05) is 6.54 Å². The van der Waals surface area contributed by atoms with Crippen LogP contribution >= 0.6 is 15.9 Å². The van der Waals surface area contributed by atoms with Gasteiger partial charge in [-0.1, -0.05) is 33.1 Å². The lowest BCUT2D eigenvalue weighted by Gasteiger charge is -2.19. The first-order valence-corrected chi connectivity index (χ1v) is 8.59. The summed E-state index contributed by atoms with van der Waals surface area (Å²) in [7, 11) is 3.62. The molecule has 0 aliphatic rings. The molecule has 0 spiro atoms. The molecule has 0 fully saturated rings. The number of rotatable bonds is 10. The summed E-state index contributed by atoms with van der Waals surface area (Å²) in [5.74, 6) is 2.21. The van der Waals surface area contributed by atoms with Crippen molar-refractivity contribution in [3.8, 4) is 11.5 Å². The second-order valence-electron chi connectivity index (χ2n) is 5.37. The minimum absolute atomic E-state index is 0.610. The Kier molecular flexibility index (Phi) is 8.77. The maximum absolute atomic E-state index is 6.05. The summed E-state index contributed by atoms with van der Waals surface area (Å²) < 4.78 is 12.5. The number of hydrogen-bond donors (Lipinski definition) is 1. The summed E-state index contributed by atoms with van der Waals surface area (Å²) in [4.78, 5) is 0. The molecule has 0 saturated carbocycles. The highest BCUT2D eigenvalue weighted by molar-refractivity contribution is 9.10. The fourth-order valence-electron chi connectivity index (χ4n) is 2.32. The fraction of sp³-hybridized carbons (Fsp3) is 0.647. The van der Waals surface area contributed by atoms with Crippen LogP contribution in [0.2, 0.25) is 0 Å². The predicted octanol–water partition coefficient (Wildman–Crippen LogP) is 4.77. The van der Waals surface area contributed by atoms with Crippen molar-refractivity contribution in [2.45, 2.75) is 46.1 Å². The van der Waals surface area contributed by atoms with Crippen LogP contribution < -0.4 is 14.8 Å². The van der Waals surface area contributed by atoms with Crippen molar-refractivity contribution in [3.05, 3.63) is 22.2 Å². The van der Waals surface area contributed by atoms with Crippen molar-refractivity contribution >= 4 is 15.9 Å². The number of hydrogen-bond acceptors (Lipinski definition) is 3. The summed E-state index contributed by atoms with van der Waals surface area (Å²) in [6.07, 6.45) is 4.88. The van der Waals surface area contributed by atoms with E-state index in [1.807, 2.05) is 13.1 Å². The van der Waals surface area contributed by atoms with E-state index in [0.29, 0.717) is 5.92 Å². The molecule has 0 aromatic heterocycles. The molecule has 1 unspecified atom stereocenters. The minimum atomic E-state index is 0.610. The van der Waals surface area contributed by atoms with Crippen LogP contribution in [0.15, 0.2) is 16.6 Å². The standard InChI is InChI=1S/C17H28BrNO2/c1-5-7-8-13(6-2)12-21-17-15(18)9-14(11-19-3)10-16(17)20-4/h9-10,13,19H,5-8,11-12H2,1-4H3. The van der Waals surface area contributed by atoms with Gasteiger partial charge in [-0.3, -0.25) is 0 Å². The molecule has 1 aromatic carbocycles. The average molecular weight is 358 g/mol. The van der Waals surface area contributed by atoms with Gasteiger partial charge >= 0.3 is 0 Å². The molecule has 1 rings (SSSR count). The van der Waals surface area contributed by atoms with E-state index in [4.69, 9.17) is 9.47 Å². The van der Waals surface area contributed by atoms with Gasteiger partial charge < -0.3 is 14.8 Å². The van der Waals surface area contributed by atoms with Crippen LogP contribution in [-0.2, 0) is 6.54 Å². The Morgan fingerprint density at radius 1 is 1.29 bits per heavy atom. The zero-order chi connectivity index (χ0) is 15.7. The van der Waals surface area contributed by atoms with Gasteiger partial charge in [-0.05, 0) is 53.0 Å². The normalized spacial score (nSPS) is 12.2. The van der Waals surface area contributed by atoms with E-state index in [1.165, 1.54) is 24.8 Å². The quantitative estimate of drug-likeness (QED) is 0.653. The number of halogens is 1. The molecule has 1 atom stereocenters. The first-order valence-electron chi connectivity index (χ1n) is 7.79. The molecule has 1 aromatic rings. The van der Waals surface area contributed by atoms with E-state index in [-0.39, 0.29) is 0 Å². The largest absolute Gasteiger partial charge is 0.493 e. The lowest BCUT2D eigenvalue weighted by atomic mass is 10.0. The van der Waals surface area contributed by atoms with Crippen molar-refractivity contribution < 1.29 is 9.47 Å². The SMILES string of the molecule is CCCCC(CC)COc1c(Br)cc(CNC)cc1OC. The molecule has 0 amide bonds. The van der Waals surface area contributed by atoms with E-state index in [9.17, 15) is 0 Å². The second-order valence-corrected chi connectivity index (χ2v) is 6.22. The Balaban J connectivity index is 2.77. The van der Waals surface area contributed by atoms with Crippen molar-refractivity contribution in [3.63, 3.8) is 0 Å². The van der Waals surface area contributed by atoms with Gasteiger partial charge in [0.05, 0.1) is 18.2 Å². The number of unbranched alkanes of at least 4 members (excludes halogenated alkanes) is 1. The molecule has 21 heavy (non-hydrogen) atoms. The lowest BCUT2D eigenvalue weighted by molar-refractivity contribution is 0.223. The highest BCUT2D eigenvalue weighted by Gasteiger charge is 2.14. The van der Waals surface area contributed by atoms with E-state index >= 15 is 0 Å². The Morgan fingerprint density at radius 3 is 2.62 bits per heavy atom. The van der Waals surface area contributed by atoms with E-state index < -0.39 is 0 Å².